The topological polar surface area (TPSA) is 88.5 Å². The number of aryl methyl sites for hydroxylation is 1. The Bertz CT molecular complexity index is 1450. The molecule has 1 aromatic heterocycles. The lowest BCUT2D eigenvalue weighted by atomic mass is 9.78. The predicted molar refractivity (Wildman–Crippen MR) is 174 cm³/mol. The summed E-state index contributed by atoms with van der Waals surface area (Å²) in [6.07, 6.45) is 14.2. The monoisotopic (exact) mass is 597 g/mol. The van der Waals surface area contributed by atoms with E-state index in [-0.39, 0.29) is 23.9 Å². The summed E-state index contributed by atoms with van der Waals surface area (Å²) in [6.45, 7) is 2.86. The van der Waals surface area contributed by atoms with E-state index in [1.807, 2.05) is 6.20 Å². The molecule has 1 heterocycles. The summed E-state index contributed by atoms with van der Waals surface area (Å²) in [5, 5.41) is 10.3. The Hall–Kier alpha value is -3.81. The number of ether oxygens (including phenoxy) is 1. The first-order valence-electron chi connectivity index (χ1n) is 16.5. The number of anilines is 1. The Morgan fingerprint density at radius 2 is 1.73 bits per heavy atom. The first-order chi connectivity index (χ1) is 21.4. The van der Waals surface area contributed by atoms with Crippen LogP contribution in [0.15, 0.2) is 54.9 Å². The molecule has 0 bridgehead atoms. The molecular formula is C36H47N5O3. The van der Waals surface area contributed by atoms with Crippen LogP contribution in [-0.2, 0) is 4.79 Å². The van der Waals surface area contributed by atoms with Gasteiger partial charge in [-0.2, -0.15) is 5.10 Å². The van der Waals surface area contributed by atoms with Crippen molar-refractivity contribution in [3.8, 4) is 16.9 Å². The molecule has 3 aliphatic carbocycles. The van der Waals surface area contributed by atoms with Gasteiger partial charge in [-0.05, 0) is 118 Å². The van der Waals surface area contributed by atoms with E-state index in [0.29, 0.717) is 17.9 Å². The standard InChI is InChI=1S/C36H47N5O3/c1-24-19-29(13-18-34(24)44-3)26-9-7-25(8-10-26)22-40(35(42)27-11-14-31(15-12-27)39-36(43)37-2)33-6-4-5-28(20-33)30-21-38-41(23-30)32-16-17-32/h4-6,13,18-21,23,25-27,31-32H,7-12,14-17,22H2,1-3H3,(H2,37,39,43). The Morgan fingerprint density at radius 3 is 2.41 bits per heavy atom. The molecule has 3 aliphatic rings. The summed E-state index contributed by atoms with van der Waals surface area (Å²) in [6, 6.07) is 15.6. The molecule has 8 heteroatoms. The second-order valence-corrected chi connectivity index (χ2v) is 13.2. The van der Waals surface area contributed by atoms with Gasteiger partial charge in [0.15, 0.2) is 0 Å². The predicted octanol–water partition coefficient (Wildman–Crippen LogP) is 7.00. The minimum Gasteiger partial charge on any atom is -0.496 e. The van der Waals surface area contributed by atoms with Crippen LogP contribution in [0.25, 0.3) is 11.1 Å². The van der Waals surface area contributed by atoms with Gasteiger partial charge in [0, 0.05) is 43.0 Å². The summed E-state index contributed by atoms with van der Waals surface area (Å²) in [5.41, 5.74) is 5.76. The number of hydrogen-bond acceptors (Lipinski definition) is 4. The molecule has 0 atom stereocenters. The van der Waals surface area contributed by atoms with Crippen molar-refractivity contribution in [1.82, 2.24) is 20.4 Å². The normalized spacial score (nSPS) is 23.5. The highest BCUT2D eigenvalue weighted by Gasteiger charge is 2.33. The van der Waals surface area contributed by atoms with E-state index in [9.17, 15) is 9.59 Å². The van der Waals surface area contributed by atoms with E-state index in [4.69, 9.17) is 4.74 Å². The molecule has 3 saturated carbocycles. The van der Waals surface area contributed by atoms with Crippen molar-refractivity contribution in [2.24, 2.45) is 11.8 Å². The Labute approximate surface area is 261 Å². The van der Waals surface area contributed by atoms with Gasteiger partial charge in [-0.3, -0.25) is 9.48 Å². The highest BCUT2D eigenvalue weighted by molar-refractivity contribution is 5.95. The molecule has 2 aromatic carbocycles. The van der Waals surface area contributed by atoms with Gasteiger partial charge in [-0.15, -0.1) is 0 Å². The van der Waals surface area contributed by atoms with Crippen molar-refractivity contribution in [2.75, 3.05) is 25.6 Å². The Morgan fingerprint density at radius 1 is 0.955 bits per heavy atom. The molecule has 0 aliphatic heterocycles. The number of hydrogen-bond donors (Lipinski definition) is 2. The number of benzene rings is 2. The van der Waals surface area contributed by atoms with E-state index in [2.05, 4.69) is 80.9 Å². The van der Waals surface area contributed by atoms with Crippen LogP contribution in [0.1, 0.15) is 87.3 Å². The van der Waals surface area contributed by atoms with Crippen LogP contribution in [0.4, 0.5) is 10.5 Å². The van der Waals surface area contributed by atoms with Crippen LogP contribution in [-0.4, -0.2) is 48.5 Å². The molecule has 3 fully saturated rings. The third-order valence-electron chi connectivity index (χ3n) is 10.1. The lowest BCUT2D eigenvalue weighted by molar-refractivity contribution is -0.123. The molecule has 2 N–H and O–H groups in total. The zero-order valence-corrected chi connectivity index (χ0v) is 26.4. The van der Waals surface area contributed by atoms with Gasteiger partial charge in [0.05, 0.1) is 19.3 Å². The first-order valence-corrected chi connectivity index (χ1v) is 16.5. The van der Waals surface area contributed by atoms with E-state index in [1.165, 1.54) is 24.0 Å². The quantitative estimate of drug-likeness (QED) is 0.278. The van der Waals surface area contributed by atoms with Crippen molar-refractivity contribution in [2.45, 2.75) is 89.1 Å². The van der Waals surface area contributed by atoms with Crippen LogP contribution < -0.4 is 20.3 Å². The molecule has 0 radical (unpaired) electrons. The van der Waals surface area contributed by atoms with Crippen molar-refractivity contribution in [3.63, 3.8) is 0 Å². The van der Waals surface area contributed by atoms with Gasteiger partial charge in [-0.1, -0.05) is 24.3 Å². The number of amides is 3. The maximum Gasteiger partial charge on any atom is 0.314 e. The number of nitrogens with one attached hydrogen (secondary N) is 2. The SMILES string of the molecule is CNC(=O)NC1CCC(C(=O)N(CC2CCC(c3ccc(OC)c(C)c3)CC2)c2cccc(-c3cnn(C4CC4)c3)c2)CC1. The summed E-state index contributed by atoms with van der Waals surface area (Å²) >= 11 is 0. The number of rotatable bonds is 9. The van der Waals surface area contributed by atoms with E-state index in [1.54, 1.807) is 14.2 Å². The molecular weight excluding hydrogens is 550 g/mol. The average Bonchev–Trinajstić information content (AvgIpc) is 3.79. The molecule has 6 rings (SSSR count). The van der Waals surface area contributed by atoms with Crippen LogP contribution in [0.3, 0.4) is 0 Å². The van der Waals surface area contributed by atoms with Gasteiger partial charge in [0.25, 0.3) is 0 Å². The minimum absolute atomic E-state index is 0.0300. The largest absolute Gasteiger partial charge is 0.496 e. The third-order valence-corrected chi connectivity index (χ3v) is 10.1. The molecule has 0 saturated heterocycles. The van der Waals surface area contributed by atoms with Gasteiger partial charge in [0.2, 0.25) is 5.91 Å². The maximum absolute atomic E-state index is 14.3. The minimum atomic E-state index is -0.149. The van der Waals surface area contributed by atoms with Gasteiger partial charge in [-0.25, -0.2) is 4.79 Å². The number of aromatic nitrogens is 2. The van der Waals surface area contributed by atoms with Crippen LogP contribution in [0.2, 0.25) is 0 Å². The van der Waals surface area contributed by atoms with Gasteiger partial charge < -0.3 is 20.3 Å². The summed E-state index contributed by atoms with van der Waals surface area (Å²) in [4.78, 5) is 28.2. The zero-order chi connectivity index (χ0) is 30.6. The maximum atomic E-state index is 14.3. The van der Waals surface area contributed by atoms with Crippen molar-refractivity contribution in [3.05, 3.63) is 66.0 Å². The third kappa shape index (κ3) is 6.95. The fourth-order valence-corrected chi connectivity index (χ4v) is 7.26. The Balaban J connectivity index is 1.17. The molecule has 0 spiro atoms. The molecule has 234 valence electrons. The molecule has 3 amide bonds. The zero-order valence-electron chi connectivity index (χ0n) is 26.4. The summed E-state index contributed by atoms with van der Waals surface area (Å²) < 4.78 is 7.56. The number of carbonyl (C=O) groups is 2. The highest BCUT2D eigenvalue weighted by Crippen LogP contribution is 2.39. The van der Waals surface area contributed by atoms with E-state index < -0.39 is 0 Å². The van der Waals surface area contributed by atoms with Crippen molar-refractivity contribution >= 4 is 17.6 Å². The number of nitrogens with zero attached hydrogens (tertiary/aromatic N) is 3. The fraction of sp³-hybridized carbons (Fsp3) is 0.528. The number of urea groups is 1. The molecule has 3 aromatic rings. The molecule has 8 nitrogen and oxygen atoms in total. The Kier molecular flexibility index (Phi) is 9.24. The second-order valence-electron chi connectivity index (χ2n) is 13.2. The van der Waals surface area contributed by atoms with Crippen LogP contribution in [0, 0.1) is 18.8 Å². The lowest BCUT2D eigenvalue weighted by Gasteiger charge is -2.36. The fourth-order valence-electron chi connectivity index (χ4n) is 7.26. The van der Waals surface area contributed by atoms with Gasteiger partial charge in [0.1, 0.15) is 5.75 Å². The first kappa shape index (κ1) is 30.2. The average molecular weight is 598 g/mol. The lowest BCUT2D eigenvalue weighted by Crippen LogP contribution is -2.45. The molecule has 0 unspecified atom stereocenters. The molecule has 44 heavy (non-hydrogen) atoms. The summed E-state index contributed by atoms with van der Waals surface area (Å²) in [5.74, 6) is 2.15. The van der Waals surface area contributed by atoms with Crippen LogP contribution >= 0.6 is 0 Å². The summed E-state index contributed by atoms with van der Waals surface area (Å²) in [7, 11) is 3.36. The van der Waals surface area contributed by atoms with Crippen LogP contribution in [0.5, 0.6) is 5.75 Å². The second kappa shape index (κ2) is 13.4. The van der Waals surface area contributed by atoms with Crippen molar-refractivity contribution < 1.29 is 14.3 Å². The smallest absolute Gasteiger partial charge is 0.314 e. The van der Waals surface area contributed by atoms with E-state index in [0.717, 1.165) is 80.5 Å². The van der Waals surface area contributed by atoms with Gasteiger partial charge >= 0.3 is 6.03 Å². The number of carbonyl (C=O) groups excluding carboxylic acids is 2. The number of methoxy groups -OCH3 is 1. The highest BCUT2D eigenvalue weighted by atomic mass is 16.5. The van der Waals surface area contributed by atoms with E-state index >= 15 is 0 Å². The van der Waals surface area contributed by atoms with Crippen molar-refractivity contribution in [1.29, 1.82) is 0 Å².